The summed E-state index contributed by atoms with van der Waals surface area (Å²) in [6.07, 6.45) is 3.88. The summed E-state index contributed by atoms with van der Waals surface area (Å²) in [7, 11) is 1.95. The van der Waals surface area contributed by atoms with Crippen LogP contribution in [0.4, 0.5) is 0 Å². The van der Waals surface area contributed by atoms with E-state index in [0.717, 1.165) is 31.8 Å². The average molecular weight is 223 g/mol. The van der Waals surface area contributed by atoms with Crippen LogP contribution < -0.4 is 5.73 Å². The minimum Gasteiger partial charge on any atom is -0.369 e. The number of carbonyl (C=O) groups excluding carboxylic acids is 1. The Balaban J connectivity index is 2.02. The van der Waals surface area contributed by atoms with Gasteiger partial charge in [-0.1, -0.05) is 0 Å². The largest absolute Gasteiger partial charge is 0.369 e. The van der Waals surface area contributed by atoms with Crippen molar-refractivity contribution in [2.75, 3.05) is 19.6 Å². The normalized spacial score (nSPS) is 22.2. The van der Waals surface area contributed by atoms with E-state index in [1.54, 1.807) is 6.33 Å². The predicted octanol–water partition coefficient (Wildman–Crippen LogP) is -0.520. The summed E-state index contributed by atoms with van der Waals surface area (Å²) < 4.78 is 1.94. The number of nitrogens with zero attached hydrogens (tertiary/aromatic N) is 4. The van der Waals surface area contributed by atoms with Crippen molar-refractivity contribution in [1.82, 2.24) is 19.7 Å². The van der Waals surface area contributed by atoms with E-state index in [2.05, 4.69) is 15.1 Å². The second kappa shape index (κ2) is 4.61. The molecule has 1 unspecified atom stereocenters. The molecule has 2 rings (SSSR count). The number of rotatable bonds is 3. The molecule has 0 bridgehead atoms. The number of carbonyl (C=O) groups is 1. The molecule has 0 radical (unpaired) electrons. The van der Waals surface area contributed by atoms with Gasteiger partial charge in [0.05, 0.1) is 6.54 Å². The topological polar surface area (TPSA) is 77.0 Å². The van der Waals surface area contributed by atoms with Crippen LogP contribution in [-0.2, 0) is 11.8 Å². The summed E-state index contributed by atoms with van der Waals surface area (Å²) in [5.74, 6) is 1.09. The van der Waals surface area contributed by atoms with E-state index in [1.165, 1.54) is 0 Å². The molecule has 16 heavy (non-hydrogen) atoms. The maximum Gasteiger partial charge on any atom is 0.231 e. The van der Waals surface area contributed by atoms with E-state index in [-0.39, 0.29) is 5.91 Å². The SMILES string of the molecule is Cn1cnnc1C1CCCN(CC(N)=O)C1. The van der Waals surface area contributed by atoms with Gasteiger partial charge in [0.1, 0.15) is 12.2 Å². The lowest BCUT2D eigenvalue weighted by Gasteiger charge is -2.31. The highest BCUT2D eigenvalue weighted by Crippen LogP contribution is 2.24. The third kappa shape index (κ3) is 2.38. The molecule has 1 aliphatic heterocycles. The van der Waals surface area contributed by atoms with Crippen LogP contribution in [0.15, 0.2) is 6.33 Å². The van der Waals surface area contributed by atoms with Gasteiger partial charge in [-0.2, -0.15) is 0 Å². The smallest absolute Gasteiger partial charge is 0.231 e. The molecule has 6 heteroatoms. The zero-order valence-electron chi connectivity index (χ0n) is 9.46. The zero-order valence-corrected chi connectivity index (χ0v) is 9.46. The van der Waals surface area contributed by atoms with Crippen molar-refractivity contribution in [3.63, 3.8) is 0 Å². The fourth-order valence-corrected chi connectivity index (χ4v) is 2.29. The van der Waals surface area contributed by atoms with Gasteiger partial charge in [-0.25, -0.2) is 0 Å². The molecule has 1 aliphatic rings. The summed E-state index contributed by atoms with van der Waals surface area (Å²) in [6.45, 7) is 2.13. The first kappa shape index (κ1) is 11.1. The van der Waals surface area contributed by atoms with Gasteiger partial charge < -0.3 is 10.3 Å². The first-order valence-corrected chi connectivity index (χ1v) is 5.51. The average Bonchev–Trinajstić information content (AvgIpc) is 2.64. The van der Waals surface area contributed by atoms with E-state index >= 15 is 0 Å². The highest BCUT2D eigenvalue weighted by molar-refractivity contribution is 5.75. The van der Waals surface area contributed by atoms with Crippen molar-refractivity contribution in [3.05, 3.63) is 12.2 Å². The van der Waals surface area contributed by atoms with Crippen LogP contribution in [0.1, 0.15) is 24.6 Å². The van der Waals surface area contributed by atoms with Crippen molar-refractivity contribution < 1.29 is 4.79 Å². The van der Waals surface area contributed by atoms with E-state index in [0.29, 0.717) is 12.5 Å². The molecular weight excluding hydrogens is 206 g/mol. The third-order valence-corrected chi connectivity index (χ3v) is 3.00. The van der Waals surface area contributed by atoms with Gasteiger partial charge in [0.15, 0.2) is 0 Å². The number of piperidine rings is 1. The number of aromatic nitrogens is 3. The monoisotopic (exact) mass is 223 g/mol. The maximum absolute atomic E-state index is 10.9. The first-order chi connectivity index (χ1) is 7.66. The van der Waals surface area contributed by atoms with E-state index < -0.39 is 0 Å². The molecule has 1 aromatic rings. The molecule has 1 saturated heterocycles. The molecule has 1 atom stereocenters. The van der Waals surface area contributed by atoms with Crippen LogP contribution in [0.3, 0.4) is 0 Å². The van der Waals surface area contributed by atoms with E-state index in [1.807, 2.05) is 11.6 Å². The van der Waals surface area contributed by atoms with Gasteiger partial charge >= 0.3 is 0 Å². The highest BCUT2D eigenvalue weighted by atomic mass is 16.1. The number of amides is 1. The Hall–Kier alpha value is -1.43. The first-order valence-electron chi connectivity index (χ1n) is 5.51. The summed E-state index contributed by atoms with van der Waals surface area (Å²) in [5.41, 5.74) is 5.20. The van der Waals surface area contributed by atoms with Gasteiger partial charge in [-0.05, 0) is 19.4 Å². The Labute approximate surface area is 94.4 Å². The molecular formula is C10H17N5O. The van der Waals surface area contributed by atoms with Crippen LogP contribution in [0.2, 0.25) is 0 Å². The van der Waals surface area contributed by atoms with Crippen LogP contribution in [0.25, 0.3) is 0 Å². The molecule has 2 heterocycles. The molecule has 6 nitrogen and oxygen atoms in total. The lowest BCUT2D eigenvalue weighted by Crippen LogP contribution is -2.40. The minimum absolute atomic E-state index is 0.265. The molecule has 1 amide bonds. The second-order valence-corrected chi connectivity index (χ2v) is 4.34. The Morgan fingerprint density at radius 1 is 1.69 bits per heavy atom. The van der Waals surface area contributed by atoms with Crippen LogP contribution in [0.5, 0.6) is 0 Å². The number of aryl methyl sites for hydroxylation is 1. The standard InChI is InChI=1S/C10H17N5O/c1-14-7-12-13-10(14)8-3-2-4-15(5-8)6-9(11)16/h7-8H,2-6H2,1H3,(H2,11,16). The minimum atomic E-state index is -0.265. The maximum atomic E-state index is 10.9. The molecule has 0 aliphatic carbocycles. The predicted molar refractivity (Wildman–Crippen MR) is 58.6 cm³/mol. The number of primary amides is 1. The van der Waals surface area contributed by atoms with Crippen molar-refractivity contribution in [3.8, 4) is 0 Å². The Kier molecular flexibility index (Phi) is 3.19. The summed E-state index contributed by atoms with van der Waals surface area (Å²) >= 11 is 0. The number of hydrogen-bond donors (Lipinski definition) is 1. The van der Waals surface area contributed by atoms with Gasteiger partial charge in [0.2, 0.25) is 5.91 Å². The Morgan fingerprint density at radius 2 is 2.50 bits per heavy atom. The molecule has 1 fully saturated rings. The van der Waals surface area contributed by atoms with E-state index in [9.17, 15) is 4.79 Å². The van der Waals surface area contributed by atoms with Crippen LogP contribution in [0, 0.1) is 0 Å². The zero-order chi connectivity index (χ0) is 11.5. The molecule has 0 spiro atoms. The number of likely N-dealkylation sites (tertiary alicyclic amines) is 1. The quantitative estimate of drug-likeness (QED) is 0.748. The van der Waals surface area contributed by atoms with Gasteiger partial charge in [0, 0.05) is 19.5 Å². The number of hydrogen-bond acceptors (Lipinski definition) is 4. The highest BCUT2D eigenvalue weighted by Gasteiger charge is 2.25. The van der Waals surface area contributed by atoms with Crippen molar-refractivity contribution in [2.24, 2.45) is 12.8 Å². The van der Waals surface area contributed by atoms with Crippen molar-refractivity contribution in [1.29, 1.82) is 0 Å². The lowest BCUT2D eigenvalue weighted by atomic mass is 9.97. The molecule has 88 valence electrons. The Morgan fingerprint density at radius 3 is 3.12 bits per heavy atom. The van der Waals surface area contributed by atoms with Crippen molar-refractivity contribution >= 4 is 5.91 Å². The molecule has 0 aromatic carbocycles. The Bertz CT molecular complexity index is 375. The molecule has 2 N–H and O–H groups in total. The second-order valence-electron chi connectivity index (χ2n) is 4.34. The van der Waals surface area contributed by atoms with Gasteiger partial charge in [-0.3, -0.25) is 9.69 Å². The fourth-order valence-electron chi connectivity index (χ4n) is 2.29. The third-order valence-electron chi connectivity index (χ3n) is 3.00. The van der Waals surface area contributed by atoms with Gasteiger partial charge in [-0.15, -0.1) is 10.2 Å². The lowest BCUT2D eigenvalue weighted by molar-refractivity contribution is -0.119. The molecule has 0 saturated carbocycles. The summed E-state index contributed by atoms with van der Waals surface area (Å²) in [6, 6.07) is 0. The molecule has 1 aromatic heterocycles. The number of nitrogens with two attached hydrogens (primary N) is 1. The van der Waals surface area contributed by atoms with Crippen LogP contribution >= 0.6 is 0 Å². The van der Waals surface area contributed by atoms with Crippen molar-refractivity contribution in [2.45, 2.75) is 18.8 Å². The van der Waals surface area contributed by atoms with Gasteiger partial charge in [0.25, 0.3) is 0 Å². The summed E-state index contributed by atoms with van der Waals surface area (Å²) in [5, 5.41) is 8.01. The fraction of sp³-hybridized carbons (Fsp3) is 0.700. The van der Waals surface area contributed by atoms with E-state index in [4.69, 9.17) is 5.73 Å². The van der Waals surface area contributed by atoms with Crippen LogP contribution in [-0.4, -0.2) is 45.2 Å². The summed E-state index contributed by atoms with van der Waals surface area (Å²) in [4.78, 5) is 13.0.